The lowest BCUT2D eigenvalue weighted by atomic mass is 10.2. The molecule has 0 spiro atoms. The molecule has 0 bridgehead atoms. The van der Waals surface area contributed by atoms with Gasteiger partial charge in [-0.25, -0.2) is 4.39 Å². The summed E-state index contributed by atoms with van der Waals surface area (Å²) in [7, 11) is 0. The molecule has 2 aromatic carbocycles. The van der Waals surface area contributed by atoms with Crippen LogP contribution in [-0.4, -0.2) is 44.4 Å². The van der Waals surface area contributed by atoms with Gasteiger partial charge in [-0.3, -0.25) is 4.79 Å². The van der Waals surface area contributed by atoms with Crippen molar-refractivity contribution in [1.82, 2.24) is 0 Å². The Hall–Kier alpha value is -2.80. The van der Waals surface area contributed by atoms with Crippen molar-refractivity contribution in [3.05, 3.63) is 48.3 Å². The number of halogens is 1. The Bertz CT molecular complexity index is 835. The molecule has 29 heavy (non-hydrogen) atoms. The van der Waals surface area contributed by atoms with Crippen molar-refractivity contribution in [2.24, 2.45) is 0 Å². The van der Waals surface area contributed by atoms with Crippen molar-refractivity contribution in [2.45, 2.75) is 33.0 Å². The molecule has 0 aromatic heterocycles. The molecule has 156 valence electrons. The highest BCUT2D eigenvalue weighted by Crippen LogP contribution is 2.27. The molecule has 1 amide bonds. The van der Waals surface area contributed by atoms with Crippen LogP contribution >= 0.6 is 0 Å². The number of amides is 1. The maximum absolute atomic E-state index is 14.6. The minimum atomic E-state index is -0.383. The summed E-state index contributed by atoms with van der Waals surface area (Å²) >= 11 is 0. The Morgan fingerprint density at radius 3 is 2.41 bits per heavy atom. The first kappa shape index (κ1) is 20.9. The number of nitrogens with one attached hydrogen (secondary N) is 1. The fourth-order valence-corrected chi connectivity index (χ4v) is 3.40. The summed E-state index contributed by atoms with van der Waals surface area (Å²) in [6.07, 6.45) is 0.0727. The van der Waals surface area contributed by atoms with Gasteiger partial charge in [0.2, 0.25) is 0 Å². The molecule has 3 rings (SSSR count). The number of morpholine rings is 1. The van der Waals surface area contributed by atoms with Gasteiger partial charge in [-0.1, -0.05) is 12.1 Å². The molecule has 2 unspecified atom stereocenters. The molecule has 7 heteroatoms. The lowest BCUT2D eigenvalue weighted by molar-refractivity contribution is -0.118. The van der Waals surface area contributed by atoms with E-state index in [0.717, 1.165) is 0 Å². The molecule has 0 radical (unpaired) electrons. The first-order valence-corrected chi connectivity index (χ1v) is 9.80. The van der Waals surface area contributed by atoms with Crippen LogP contribution in [-0.2, 0) is 9.53 Å². The lowest BCUT2D eigenvalue weighted by Crippen LogP contribution is -2.45. The van der Waals surface area contributed by atoms with Gasteiger partial charge in [-0.05, 0) is 51.1 Å². The lowest BCUT2D eigenvalue weighted by Gasteiger charge is -2.37. The zero-order valence-electron chi connectivity index (χ0n) is 17.0. The average molecular weight is 402 g/mol. The van der Waals surface area contributed by atoms with E-state index < -0.39 is 0 Å². The molecule has 0 aliphatic carbocycles. The van der Waals surface area contributed by atoms with Crippen LogP contribution in [0.5, 0.6) is 11.5 Å². The predicted molar refractivity (Wildman–Crippen MR) is 110 cm³/mol. The van der Waals surface area contributed by atoms with Gasteiger partial charge in [-0.15, -0.1) is 0 Å². The normalized spacial score (nSPS) is 19.0. The topological polar surface area (TPSA) is 60.0 Å². The van der Waals surface area contributed by atoms with Gasteiger partial charge in [0, 0.05) is 18.8 Å². The van der Waals surface area contributed by atoms with Crippen molar-refractivity contribution < 1.29 is 23.4 Å². The van der Waals surface area contributed by atoms with Gasteiger partial charge < -0.3 is 24.4 Å². The molecular formula is C22H27FN2O4. The largest absolute Gasteiger partial charge is 0.490 e. The van der Waals surface area contributed by atoms with Gasteiger partial charge in [0.25, 0.3) is 5.91 Å². The summed E-state index contributed by atoms with van der Waals surface area (Å²) in [5, 5.41) is 2.66. The number of carbonyl (C=O) groups excluding carboxylic acids is 1. The monoisotopic (exact) mass is 402 g/mol. The van der Waals surface area contributed by atoms with Crippen LogP contribution in [0.15, 0.2) is 42.5 Å². The second kappa shape index (κ2) is 9.60. The third-order valence-electron chi connectivity index (χ3n) is 4.50. The van der Waals surface area contributed by atoms with Crippen molar-refractivity contribution >= 4 is 17.3 Å². The van der Waals surface area contributed by atoms with E-state index in [2.05, 4.69) is 5.32 Å². The first-order chi connectivity index (χ1) is 14.0. The van der Waals surface area contributed by atoms with E-state index in [-0.39, 0.29) is 30.5 Å². The molecule has 2 aromatic rings. The van der Waals surface area contributed by atoms with Crippen LogP contribution in [0.3, 0.4) is 0 Å². The zero-order chi connectivity index (χ0) is 20.8. The van der Waals surface area contributed by atoms with E-state index in [9.17, 15) is 9.18 Å². The van der Waals surface area contributed by atoms with Crippen molar-refractivity contribution in [2.75, 3.05) is 36.5 Å². The van der Waals surface area contributed by atoms with Crippen LogP contribution in [0.1, 0.15) is 20.8 Å². The molecule has 1 N–H and O–H groups in total. The number of ether oxygens (including phenoxy) is 3. The summed E-state index contributed by atoms with van der Waals surface area (Å²) in [6.45, 7) is 7.36. The van der Waals surface area contributed by atoms with Crippen LogP contribution in [0.25, 0.3) is 0 Å². The molecule has 0 saturated carbocycles. The highest BCUT2D eigenvalue weighted by atomic mass is 19.1. The Morgan fingerprint density at radius 2 is 1.79 bits per heavy atom. The molecule has 1 aliphatic rings. The molecule has 2 atom stereocenters. The maximum Gasteiger partial charge on any atom is 0.262 e. The van der Waals surface area contributed by atoms with E-state index in [0.29, 0.717) is 42.6 Å². The molecule has 1 heterocycles. The number of para-hydroxylation sites is 2. The van der Waals surface area contributed by atoms with Gasteiger partial charge in [0.15, 0.2) is 18.1 Å². The quantitative estimate of drug-likeness (QED) is 0.762. The third-order valence-corrected chi connectivity index (χ3v) is 4.50. The average Bonchev–Trinajstić information content (AvgIpc) is 2.67. The number of hydrogen-bond acceptors (Lipinski definition) is 5. The number of hydrogen-bond donors (Lipinski definition) is 1. The highest BCUT2D eigenvalue weighted by Gasteiger charge is 2.24. The zero-order valence-corrected chi connectivity index (χ0v) is 17.0. The molecule has 1 saturated heterocycles. The van der Waals surface area contributed by atoms with Crippen LogP contribution in [0.4, 0.5) is 15.8 Å². The number of rotatable bonds is 7. The summed E-state index contributed by atoms with van der Waals surface area (Å²) in [4.78, 5) is 14.2. The van der Waals surface area contributed by atoms with Gasteiger partial charge in [-0.2, -0.15) is 0 Å². The maximum atomic E-state index is 14.6. The molecule has 1 fully saturated rings. The Labute approximate surface area is 170 Å². The van der Waals surface area contributed by atoms with E-state index >= 15 is 0 Å². The van der Waals surface area contributed by atoms with Crippen LogP contribution in [0, 0.1) is 5.82 Å². The minimum Gasteiger partial charge on any atom is -0.490 e. The van der Waals surface area contributed by atoms with Gasteiger partial charge in [0.05, 0.1) is 24.5 Å². The van der Waals surface area contributed by atoms with Crippen molar-refractivity contribution in [1.29, 1.82) is 0 Å². The number of benzene rings is 2. The van der Waals surface area contributed by atoms with E-state index in [1.807, 2.05) is 31.7 Å². The fourth-order valence-electron chi connectivity index (χ4n) is 3.40. The Kier molecular flexibility index (Phi) is 6.93. The van der Waals surface area contributed by atoms with E-state index in [1.165, 1.54) is 6.07 Å². The summed E-state index contributed by atoms with van der Waals surface area (Å²) in [5.41, 5.74) is 0.888. The first-order valence-electron chi connectivity index (χ1n) is 9.80. The van der Waals surface area contributed by atoms with Gasteiger partial charge >= 0.3 is 0 Å². The van der Waals surface area contributed by atoms with Crippen molar-refractivity contribution in [3.63, 3.8) is 0 Å². The molecule has 6 nitrogen and oxygen atoms in total. The molecule has 1 aliphatic heterocycles. The Morgan fingerprint density at radius 1 is 1.14 bits per heavy atom. The number of carbonyl (C=O) groups is 1. The van der Waals surface area contributed by atoms with E-state index in [1.54, 1.807) is 30.3 Å². The van der Waals surface area contributed by atoms with E-state index in [4.69, 9.17) is 14.2 Å². The predicted octanol–water partition coefficient (Wildman–Crippen LogP) is 3.86. The minimum absolute atomic E-state index is 0.0363. The smallest absolute Gasteiger partial charge is 0.262 e. The standard InChI is InChI=1S/C22H27FN2O4/c1-4-27-20-7-5-6-8-21(20)28-14-22(26)24-17-9-10-19(18(23)11-17)25-12-15(2)29-16(3)13-25/h5-11,15-16H,4,12-14H2,1-3H3,(H,24,26). The van der Waals surface area contributed by atoms with Crippen LogP contribution < -0.4 is 19.7 Å². The molecular weight excluding hydrogens is 375 g/mol. The summed E-state index contributed by atoms with van der Waals surface area (Å²) in [5.74, 6) is 0.303. The Balaban J connectivity index is 1.59. The third kappa shape index (κ3) is 5.60. The van der Waals surface area contributed by atoms with Crippen LogP contribution in [0.2, 0.25) is 0 Å². The number of nitrogens with zero attached hydrogens (tertiary/aromatic N) is 1. The number of anilines is 2. The fraction of sp³-hybridized carbons (Fsp3) is 0.409. The summed E-state index contributed by atoms with van der Waals surface area (Å²) < 4.78 is 31.4. The van der Waals surface area contributed by atoms with Crippen molar-refractivity contribution in [3.8, 4) is 11.5 Å². The second-order valence-corrected chi connectivity index (χ2v) is 7.05. The SMILES string of the molecule is CCOc1ccccc1OCC(=O)Nc1ccc(N2CC(C)OC(C)C2)c(F)c1. The van der Waals surface area contributed by atoms with Gasteiger partial charge in [0.1, 0.15) is 5.82 Å². The summed E-state index contributed by atoms with van der Waals surface area (Å²) in [6, 6.07) is 11.8. The highest BCUT2D eigenvalue weighted by molar-refractivity contribution is 5.92. The second-order valence-electron chi connectivity index (χ2n) is 7.05.